The third kappa shape index (κ3) is 3.24. The lowest BCUT2D eigenvalue weighted by atomic mass is 10.0. The summed E-state index contributed by atoms with van der Waals surface area (Å²) in [7, 11) is 0. The van der Waals surface area contributed by atoms with Crippen molar-refractivity contribution in [3.63, 3.8) is 0 Å². The molecule has 2 aromatic carbocycles. The van der Waals surface area contributed by atoms with Gasteiger partial charge in [-0.05, 0) is 44.0 Å². The Kier molecular flexibility index (Phi) is 4.87. The number of hydrogen-bond acceptors (Lipinski definition) is 4. The second kappa shape index (κ2) is 6.96. The van der Waals surface area contributed by atoms with E-state index in [-0.39, 0.29) is 23.8 Å². The Morgan fingerprint density at radius 2 is 1.73 bits per heavy atom. The highest BCUT2D eigenvalue weighted by Crippen LogP contribution is 2.37. The minimum Gasteiger partial charge on any atom is -0.478 e. The molecule has 0 saturated carbocycles. The van der Waals surface area contributed by atoms with Gasteiger partial charge in [0.1, 0.15) is 0 Å². The van der Waals surface area contributed by atoms with E-state index in [9.17, 15) is 19.5 Å². The van der Waals surface area contributed by atoms with Gasteiger partial charge in [-0.3, -0.25) is 9.59 Å². The van der Waals surface area contributed by atoms with E-state index in [0.29, 0.717) is 10.6 Å². The van der Waals surface area contributed by atoms with Crippen LogP contribution in [0, 0.1) is 20.8 Å². The molecule has 134 valence electrons. The van der Waals surface area contributed by atoms with Crippen molar-refractivity contribution in [1.29, 1.82) is 0 Å². The molecule has 6 heteroatoms. The Morgan fingerprint density at radius 1 is 1.12 bits per heavy atom. The number of anilines is 1. The van der Waals surface area contributed by atoms with Crippen LogP contribution >= 0.6 is 11.8 Å². The molecule has 1 fully saturated rings. The highest BCUT2D eigenvalue weighted by atomic mass is 32.2. The molecule has 0 aliphatic carbocycles. The lowest BCUT2D eigenvalue weighted by molar-refractivity contribution is -0.121. The largest absolute Gasteiger partial charge is 0.478 e. The topological polar surface area (TPSA) is 74.7 Å². The minimum atomic E-state index is -1.05. The van der Waals surface area contributed by atoms with Crippen molar-refractivity contribution in [3.05, 3.63) is 58.7 Å². The maximum Gasteiger partial charge on any atom is 0.336 e. The number of carbonyl (C=O) groups is 3. The van der Waals surface area contributed by atoms with Gasteiger partial charge in [-0.15, -0.1) is 11.8 Å². The molecule has 5 nitrogen and oxygen atoms in total. The van der Waals surface area contributed by atoms with Gasteiger partial charge in [0.15, 0.2) is 0 Å². The number of aromatic carboxylic acids is 1. The number of imide groups is 1. The molecule has 1 N–H and O–H groups in total. The predicted octanol–water partition coefficient (Wildman–Crippen LogP) is 3.73. The number of nitrogens with zero attached hydrogens (tertiary/aromatic N) is 1. The van der Waals surface area contributed by atoms with Crippen molar-refractivity contribution in [2.24, 2.45) is 0 Å². The van der Waals surface area contributed by atoms with E-state index in [4.69, 9.17) is 0 Å². The van der Waals surface area contributed by atoms with Crippen LogP contribution < -0.4 is 4.90 Å². The van der Waals surface area contributed by atoms with Gasteiger partial charge in [0.25, 0.3) is 0 Å². The molecule has 0 spiro atoms. The van der Waals surface area contributed by atoms with E-state index in [1.54, 1.807) is 18.2 Å². The predicted molar refractivity (Wildman–Crippen MR) is 101 cm³/mol. The Balaban J connectivity index is 1.93. The fourth-order valence-corrected chi connectivity index (χ4v) is 4.53. The smallest absolute Gasteiger partial charge is 0.336 e. The lowest BCUT2D eigenvalue weighted by Crippen LogP contribution is -2.32. The van der Waals surface area contributed by atoms with Gasteiger partial charge in [-0.1, -0.05) is 29.8 Å². The summed E-state index contributed by atoms with van der Waals surface area (Å²) in [5.41, 5.74) is 3.60. The SMILES string of the molecule is Cc1cc(C)c(N2C(=O)CC(Sc3ccccc3C(=O)O)C2=O)c(C)c1. The first kappa shape index (κ1) is 18.2. The Bertz CT molecular complexity index is 899. The summed E-state index contributed by atoms with van der Waals surface area (Å²) in [6, 6.07) is 10.4. The number of hydrogen-bond donors (Lipinski definition) is 1. The zero-order chi connectivity index (χ0) is 19.0. The van der Waals surface area contributed by atoms with Crippen LogP contribution in [0.4, 0.5) is 5.69 Å². The number of amides is 2. The molecule has 1 aliphatic heterocycles. The highest BCUT2D eigenvalue weighted by Gasteiger charge is 2.41. The first-order chi connectivity index (χ1) is 12.3. The molecule has 0 aromatic heterocycles. The average Bonchev–Trinajstić information content (AvgIpc) is 2.82. The van der Waals surface area contributed by atoms with Gasteiger partial charge in [-0.25, -0.2) is 9.69 Å². The summed E-state index contributed by atoms with van der Waals surface area (Å²) in [4.78, 5) is 38.6. The van der Waals surface area contributed by atoms with E-state index in [0.717, 1.165) is 28.5 Å². The standard InChI is InChI=1S/C20H19NO4S/c1-11-8-12(2)18(13(3)9-11)21-17(22)10-16(19(21)23)26-15-7-5-4-6-14(15)20(24)25/h4-9,16H,10H2,1-3H3,(H,24,25). The molecule has 0 radical (unpaired) electrons. The second-order valence-electron chi connectivity index (χ2n) is 6.43. The number of rotatable bonds is 4. The van der Waals surface area contributed by atoms with Crippen LogP contribution in [0.5, 0.6) is 0 Å². The molecule has 2 aromatic rings. The average molecular weight is 369 g/mol. The number of benzene rings is 2. The van der Waals surface area contributed by atoms with E-state index < -0.39 is 11.2 Å². The molecule has 1 aliphatic rings. The van der Waals surface area contributed by atoms with Crippen molar-refractivity contribution in [2.45, 2.75) is 37.3 Å². The molecule has 26 heavy (non-hydrogen) atoms. The zero-order valence-corrected chi connectivity index (χ0v) is 15.6. The molecule has 3 rings (SSSR count). The van der Waals surface area contributed by atoms with Crippen LogP contribution in [0.1, 0.15) is 33.5 Å². The first-order valence-corrected chi connectivity index (χ1v) is 9.11. The van der Waals surface area contributed by atoms with Crippen LogP contribution in [0.3, 0.4) is 0 Å². The molecule has 0 bridgehead atoms. The van der Waals surface area contributed by atoms with Crippen molar-refractivity contribution in [1.82, 2.24) is 0 Å². The summed E-state index contributed by atoms with van der Waals surface area (Å²) >= 11 is 1.14. The van der Waals surface area contributed by atoms with Gasteiger partial charge in [0.05, 0.1) is 16.5 Å². The first-order valence-electron chi connectivity index (χ1n) is 8.23. The van der Waals surface area contributed by atoms with Gasteiger partial charge < -0.3 is 5.11 Å². The van der Waals surface area contributed by atoms with Gasteiger partial charge in [-0.2, -0.15) is 0 Å². The van der Waals surface area contributed by atoms with Crippen LogP contribution in [-0.4, -0.2) is 28.1 Å². The van der Waals surface area contributed by atoms with Crippen molar-refractivity contribution >= 4 is 35.2 Å². The third-order valence-electron chi connectivity index (χ3n) is 4.35. The van der Waals surface area contributed by atoms with E-state index in [2.05, 4.69) is 0 Å². The lowest BCUT2D eigenvalue weighted by Gasteiger charge is -2.20. The van der Waals surface area contributed by atoms with Crippen molar-refractivity contribution in [3.8, 4) is 0 Å². The second-order valence-corrected chi connectivity index (χ2v) is 7.67. The third-order valence-corrected chi connectivity index (χ3v) is 5.61. The quantitative estimate of drug-likeness (QED) is 0.831. The Morgan fingerprint density at radius 3 is 2.35 bits per heavy atom. The molecule has 1 heterocycles. The number of carbonyl (C=O) groups excluding carboxylic acids is 2. The van der Waals surface area contributed by atoms with Gasteiger partial charge >= 0.3 is 5.97 Å². The van der Waals surface area contributed by atoms with Gasteiger partial charge in [0, 0.05) is 11.3 Å². The molecule has 1 atom stereocenters. The number of thioether (sulfide) groups is 1. The fraction of sp³-hybridized carbons (Fsp3) is 0.250. The number of aryl methyl sites for hydroxylation is 3. The van der Waals surface area contributed by atoms with E-state index in [1.807, 2.05) is 32.9 Å². The van der Waals surface area contributed by atoms with E-state index in [1.165, 1.54) is 11.0 Å². The molecular formula is C20H19NO4S. The van der Waals surface area contributed by atoms with E-state index >= 15 is 0 Å². The Labute approximate surface area is 156 Å². The fourth-order valence-electron chi connectivity index (χ4n) is 3.36. The zero-order valence-electron chi connectivity index (χ0n) is 14.8. The minimum absolute atomic E-state index is 0.0597. The van der Waals surface area contributed by atoms with Crippen LogP contribution in [0.2, 0.25) is 0 Å². The maximum atomic E-state index is 12.9. The molecule has 2 amide bonds. The van der Waals surface area contributed by atoms with Crippen molar-refractivity contribution in [2.75, 3.05) is 4.90 Å². The molecule has 1 saturated heterocycles. The highest BCUT2D eigenvalue weighted by molar-refractivity contribution is 8.00. The Hall–Kier alpha value is -2.60. The number of carboxylic acid groups (broad SMARTS) is 1. The summed E-state index contributed by atoms with van der Waals surface area (Å²) in [5, 5.41) is 8.69. The molecule has 1 unspecified atom stereocenters. The number of carboxylic acids is 1. The summed E-state index contributed by atoms with van der Waals surface area (Å²) in [6.45, 7) is 5.74. The monoisotopic (exact) mass is 369 g/mol. The van der Waals surface area contributed by atoms with Crippen molar-refractivity contribution < 1.29 is 19.5 Å². The van der Waals surface area contributed by atoms with Gasteiger partial charge in [0.2, 0.25) is 11.8 Å². The summed E-state index contributed by atoms with van der Waals surface area (Å²) < 4.78 is 0. The maximum absolute atomic E-state index is 12.9. The van der Waals surface area contributed by atoms with Crippen LogP contribution in [-0.2, 0) is 9.59 Å². The normalized spacial score (nSPS) is 17.0. The van der Waals surface area contributed by atoms with Crippen LogP contribution in [0.15, 0.2) is 41.3 Å². The van der Waals surface area contributed by atoms with Crippen LogP contribution in [0.25, 0.3) is 0 Å². The summed E-state index contributed by atoms with van der Waals surface area (Å²) in [5.74, 6) is -1.60. The summed E-state index contributed by atoms with van der Waals surface area (Å²) in [6.07, 6.45) is 0.0597. The molecular weight excluding hydrogens is 350 g/mol.